The third-order valence-electron chi connectivity index (χ3n) is 4.65. The van der Waals surface area contributed by atoms with E-state index < -0.39 is 8.07 Å². The van der Waals surface area contributed by atoms with Gasteiger partial charge in [-0.05, 0) is 30.9 Å². The molecule has 0 unspecified atom stereocenters. The van der Waals surface area contributed by atoms with Crippen LogP contribution in [0.15, 0.2) is 42.5 Å². The van der Waals surface area contributed by atoms with Gasteiger partial charge in [0.25, 0.3) is 0 Å². The zero-order chi connectivity index (χ0) is 14.0. The third-order valence-corrected chi connectivity index (χ3v) is 10.2. The summed E-state index contributed by atoms with van der Waals surface area (Å²) in [6.07, 6.45) is 8.62. The Balaban J connectivity index is 2.24. The van der Waals surface area contributed by atoms with Crippen molar-refractivity contribution in [2.45, 2.75) is 64.2 Å². The van der Waals surface area contributed by atoms with Crippen LogP contribution in [0.3, 0.4) is 0 Å². The second kappa shape index (κ2) is 9.14. The molecular weight excluding hydrogens is 244 g/mol. The Hall–Kier alpha value is -0.823. The zero-order valence-electron chi connectivity index (χ0n) is 13.0. The van der Waals surface area contributed by atoms with Gasteiger partial charge in [-0.3, -0.25) is 0 Å². The van der Waals surface area contributed by atoms with Gasteiger partial charge in [-0.1, -0.05) is 81.4 Å². The highest BCUT2D eigenvalue weighted by Crippen LogP contribution is 2.25. The van der Waals surface area contributed by atoms with E-state index in [4.69, 9.17) is 0 Å². The number of rotatable bonds is 9. The highest BCUT2D eigenvalue weighted by atomic mass is 28.3. The predicted octanol–water partition coefficient (Wildman–Crippen LogP) is 6.07. The fraction of sp³-hybridized carbons (Fsp3) is 0.556. The highest BCUT2D eigenvalue weighted by Gasteiger charge is 2.24. The molecule has 1 heteroatoms. The lowest BCUT2D eigenvalue weighted by atomic mass is 10.1. The van der Waals surface area contributed by atoms with Crippen molar-refractivity contribution in [1.29, 1.82) is 0 Å². The summed E-state index contributed by atoms with van der Waals surface area (Å²) in [4.78, 5) is 0. The van der Waals surface area contributed by atoms with E-state index in [1.165, 1.54) is 49.0 Å². The van der Waals surface area contributed by atoms with E-state index in [-0.39, 0.29) is 0 Å². The van der Waals surface area contributed by atoms with Crippen LogP contribution in [0.4, 0.5) is 0 Å². The molecule has 1 aromatic carbocycles. The summed E-state index contributed by atoms with van der Waals surface area (Å²) < 4.78 is 0. The first-order valence-corrected chi connectivity index (χ1v) is 10.8. The van der Waals surface area contributed by atoms with Gasteiger partial charge in [0.15, 0.2) is 0 Å². The lowest BCUT2D eigenvalue weighted by Gasteiger charge is -2.26. The highest BCUT2D eigenvalue weighted by molar-refractivity contribution is 6.80. The molecule has 19 heavy (non-hydrogen) atoms. The van der Waals surface area contributed by atoms with Gasteiger partial charge in [0.2, 0.25) is 0 Å². The van der Waals surface area contributed by atoms with Gasteiger partial charge in [-0.25, -0.2) is 0 Å². The standard InChI is InChI=1S/C18H30Si/c1-4-19(5-2,6-3)17-13-8-7-10-14-18-15-11-9-12-16-18/h8-9,11-13,15-16H,4-7,10,14,17H2,1-3H3/b13-8+. The normalized spacial score (nSPS) is 12.2. The van der Waals surface area contributed by atoms with Crippen LogP contribution in [0.25, 0.3) is 0 Å². The molecule has 1 rings (SSSR count). The minimum Gasteiger partial charge on any atom is -0.0912 e. The number of hydrogen-bond donors (Lipinski definition) is 0. The van der Waals surface area contributed by atoms with Crippen molar-refractivity contribution in [2.24, 2.45) is 0 Å². The molecule has 0 radical (unpaired) electrons. The van der Waals surface area contributed by atoms with E-state index in [0.717, 1.165) is 0 Å². The van der Waals surface area contributed by atoms with Crippen molar-refractivity contribution < 1.29 is 0 Å². The van der Waals surface area contributed by atoms with Crippen LogP contribution in [0, 0.1) is 0 Å². The molecular formula is C18H30Si. The molecule has 0 aliphatic carbocycles. The molecule has 0 atom stereocenters. The van der Waals surface area contributed by atoms with Gasteiger partial charge in [-0.15, -0.1) is 0 Å². The third kappa shape index (κ3) is 5.77. The summed E-state index contributed by atoms with van der Waals surface area (Å²) in [6, 6.07) is 16.5. The van der Waals surface area contributed by atoms with Crippen molar-refractivity contribution in [2.75, 3.05) is 0 Å². The van der Waals surface area contributed by atoms with Gasteiger partial charge < -0.3 is 0 Å². The summed E-state index contributed by atoms with van der Waals surface area (Å²) >= 11 is 0. The van der Waals surface area contributed by atoms with Gasteiger partial charge in [0.05, 0.1) is 8.07 Å². The second-order valence-electron chi connectivity index (χ2n) is 5.61. The van der Waals surface area contributed by atoms with E-state index in [2.05, 4.69) is 63.3 Å². The van der Waals surface area contributed by atoms with Crippen LogP contribution >= 0.6 is 0 Å². The minimum absolute atomic E-state index is 0.928. The zero-order valence-corrected chi connectivity index (χ0v) is 14.0. The summed E-state index contributed by atoms with van der Waals surface area (Å²) in [6.45, 7) is 7.17. The van der Waals surface area contributed by atoms with Gasteiger partial charge in [-0.2, -0.15) is 0 Å². The first kappa shape index (κ1) is 16.2. The Bertz CT molecular complexity index is 341. The Morgan fingerprint density at radius 3 is 2.11 bits per heavy atom. The van der Waals surface area contributed by atoms with Crippen molar-refractivity contribution in [1.82, 2.24) is 0 Å². The summed E-state index contributed by atoms with van der Waals surface area (Å²) in [5, 5.41) is 0. The van der Waals surface area contributed by atoms with Gasteiger partial charge in [0, 0.05) is 0 Å². The SMILES string of the molecule is CC[Si](CC)(CC)C/C=C/CCCc1ccccc1. The van der Waals surface area contributed by atoms with Crippen molar-refractivity contribution in [3.8, 4) is 0 Å². The van der Waals surface area contributed by atoms with Crippen LogP contribution in [-0.4, -0.2) is 8.07 Å². The molecule has 0 aromatic heterocycles. The van der Waals surface area contributed by atoms with E-state index >= 15 is 0 Å². The van der Waals surface area contributed by atoms with Crippen LogP contribution in [0.2, 0.25) is 24.2 Å². The summed E-state index contributed by atoms with van der Waals surface area (Å²) in [7, 11) is -0.928. The van der Waals surface area contributed by atoms with Gasteiger partial charge in [0.1, 0.15) is 0 Å². The minimum atomic E-state index is -0.928. The Kier molecular flexibility index (Phi) is 7.81. The number of unbranched alkanes of at least 4 members (excludes halogenated alkanes) is 1. The number of aryl methyl sites for hydroxylation is 1. The number of hydrogen-bond acceptors (Lipinski definition) is 0. The maximum Gasteiger partial charge on any atom is 0.0565 e. The predicted molar refractivity (Wildman–Crippen MR) is 90.5 cm³/mol. The lowest BCUT2D eigenvalue weighted by molar-refractivity contribution is 0.842. The molecule has 0 saturated carbocycles. The summed E-state index contributed by atoms with van der Waals surface area (Å²) in [5.41, 5.74) is 1.47. The van der Waals surface area contributed by atoms with Crippen molar-refractivity contribution >= 4 is 8.07 Å². The van der Waals surface area contributed by atoms with E-state index in [9.17, 15) is 0 Å². The molecule has 0 fully saturated rings. The topological polar surface area (TPSA) is 0 Å². The Morgan fingerprint density at radius 2 is 1.53 bits per heavy atom. The molecule has 0 aliphatic heterocycles. The van der Waals surface area contributed by atoms with E-state index in [1.54, 1.807) is 0 Å². The molecule has 0 bridgehead atoms. The van der Waals surface area contributed by atoms with Crippen LogP contribution in [0.5, 0.6) is 0 Å². The largest absolute Gasteiger partial charge is 0.0912 e. The van der Waals surface area contributed by atoms with Crippen LogP contribution in [0.1, 0.15) is 39.2 Å². The molecule has 0 nitrogen and oxygen atoms in total. The fourth-order valence-corrected chi connectivity index (χ4v) is 5.74. The quantitative estimate of drug-likeness (QED) is 0.291. The molecule has 0 spiro atoms. The summed E-state index contributed by atoms with van der Waals surface area (Å²) in [5.74, 6) is 0. The molecule has 0 N–H and O–H groups in total. The molecule has 0 amide bonds. The van der Waals surface area contributed by atoms with Crippen LogP contribution < -0.4 is 0 Å². The molecule has 106 valence electrons. The first-order valence-electron chi connectivity index (χ1n) is 7.95. The maximum atomic E-state index is 2.48. The number of benzene rings is 1. The molecule has 0 aliphatic rings. The Morgan fingerprint density at radius 1 is 0.895 bits per heavy atom. The molecule has 0 saturated heterocycles. The second-order valence-corrected chi connectivity index (χ2v) is 11.1. The van der Waals surface area contributed by atoms with Gasteiger partial charge >= 0.3 is 0 Å². The average molecular weight is 275 g/mol. The Labute approximate surface area is 121 Å². The first-order chi connectivity index (χ1) is 9.26. The number of allylic oxidation sites excluding steroid dienone is 2. The maximum absolute atomic E-state index is 2.48. The van der Waals surface area contributed by atoms with E-state index in [1.807, 2.05) is 0 Å². The van der Waals surface area contributed by atoms with Crippen LogP contribution in [-0.2, 0) is 6.42 Å². The van der Waals surface area contributed by atoms with Crippen molar-refractivity contribution in [3.05, 3.63) is 48.0 Å². The van der Waals surface area contributed by atoms with E-state index in [0.29, 0.717) is 0 Å². The van der Waals surface area contributed by atoms with Crippen molar-refractivity contribution in [3.63, 3.8) is 0 Å². The lowest BCUT2D eigenvalue weighted by Crippen LogP contribution is -2.29. The average Bonchev–Trinajstić information content (AvgIpc) is 2.48. The molecule has 0 heterocycles. The smallest absolute Gasteiger partial charge is 0.0565 e. The monoisotopic (exact) mass is 274 g/mol. The fourth-order valence-electron chi connectivity index (χ4n) is 2.70. The molecule has 1 aromatic rings.